The lowest BCUT2D eigenvalue weighted by molar-refractivity contribution is 0.143. The van der Waals surface area contributed by atoms with Crippen molar-refractivity contribution in [2.45, 2.75) is 6.10 Å². The zero-order valence-electron chi connectivity index (χ0n) is 10.5. The van der Waals surface area contributed by atoms with E-state index in [2.05, 4.69) is 4.72 Å². The fourth-order valence-corrected chi connectivity index (χ4v) is 2.52. The number of hydrogen-bond donors (Lipinski definition) is 1. The second-order valence-corrected chi connectivity index (χ2v) is 6.98. The second kappa shape index (κ2) is 5.77. The van der Waals surface area contributed by atoms with E-state index in [1.165, 1.54) is 4.90 Å². The van der Waals surface area contributed by atoms with Gasteiger partial charge in [0.05, 0.1) is 22.8 Å². The number of amides is 1. The van der Waals surface area contributed by atoms with Crippen molar-refractivity contribution in [2.24, 2.45) is 0 Å². The molecule has 0 radical (unpaired) electrons. The predicted octanol–water partition coefficient (Wildman–Crippen LogP) is 1.87. The SMILES string of the molecule is CS(=O)(=O)NC[C@H]1CN(c2ccc(Cl)c(Cl)c2)C(=O)O1. The van der Waals surface area contributed by atoms with Crippen molar-refractivity contribution >= 4 is 45.0 Å². The monoisotopic (exact) mass is 338 g/mol. The molecule has 1 fully saturated rings. The van der Waals surface area contributed by atoms with Crippen LogP contribution >= 0.6 is 23.2 Å². The summed E-state index contributed by atoms with van der Waals surface area (Å²) >= 11 is 11.7. The average molecular weight is 339 g/mol. The Kier molecular flexibility index (Phi) is 4.43. The van der Waals surface area contributed by atoms with Gasteiger partial charge in [0.15, 0.2) is 0 Å². The summed E-state index contributed by atoms with van der Waals surface area (Å²) < 4.78 is 29.4. The van der Waals surface area contributed by atoms with Crippen molar-refractivity contribution in [1.29, 1.82) is 0 Å². The van der Waals surface area contributed by atoms with Crippen LogP contribution in [0.25, 0.3) is 0 Å². The molecule has 1 saturated heterocycles. The molecule has 9 heteroatoms. The first-order valence-corrected chi connectivity index (χ1v) is 8.29. The minimum atomic E-state index is -3.32. The van der Waals surface area contributed by atoms with Crippen molar-refractivity contribution < 1.29 is 17.9 Å². The van der Waals surface area contributed by atoms with E-state index in [0.717, 1.165) is 6.26 Å². The number of ether oxygens (including phenoxy) is 1. The Balaban J connectivity index is 2.07. The number of rotatable bonds is 4. The van der Waals surface area contributed by atoms with Crippen LogP contribution in [-0.2, 0) is 14.8 Å². The van der Waals surface area contributed by atoms with Gasteiger partial charge in [-0.1, -0.05) is 23.2 Å². The Bertz CT molecular complexity index is 635. The molecule has 0 spiro atoms. The summed E-state index contributed by atoms with van der Waals surface area (Å²) in [6, 6.07) is 4.77. The molecule has 1 N–H and O–H groups in total. The number of cyclic esters (lactones) is 1. The zero-order chi connectivity index (χ0) is 14.9. The highest BCUT2D eigenvalue weighted by Gasteiger charge is 2.32. The van der Waals surface area contributed by atoms with Crippen LogP contribution in [0, 0.1) is 0 Å². The molecule has 1 amide bonds. The molecule has 110 valence electrons. The van der Waals surface area contributed by atoms with Gasteiger partial charge in [-0.2, -0.15) is 0 Å². The number of anilines is 1. The summed E-state index contributed by atoms with van der Waals surface area (Å²) in [6.45, 7) is 0.266. The van der Waals surface area contributed by atoms with Crippen LogP contribution in [0.2, 0.25) is 10.0 Å². The molecule has 1 atom stereocenters. The standard InChI is InChI=1S/C11H12Cl2N2O4S/c1-20(17,18)14-5-8-6-15(11(16)19-8)7-2-3-9(12)10(13)4-7/h2-4,8,14H,5-6H2,1H3/t8-/m0/s1. The van der Waals surface area contributed by atoms with Crippen molar-refractivity contribution in [3.05, 3.63) is 28.2 Å². The first kappa shape index (κ1) is 15.4. The number of carbonyl (C=O) groups excluding carboxylic acids is 1. The number of sulfonamides is 1. The smallest absolute Gasteiger partial charge is 0.414 e. The highest BCUT2D eigenvalue weighted by molar-refractivity contribution is 7.88. The van der Waals surface area contributed by atoms with Gasteiger partial charge in [0.2, 0.25) is 10.0 Å². The molecule has 1 aromatic rings. The Morgan fingerprint density at radius 1 is 1.40 bits per heavy atom. The predicted molar refractivity (Wildman–Crippen MR) is 76.9 cm³/mol. The van der Waals surface area contributed by atoms with Crippen LogP contribution in [0.3, 0.4) is 0 Å². The molecule has 6 nitrogen and oxygen atoms in total. The van der Waals surface area contributed by atoms with E-state index in [-0.39, 0.29) is 13.1 Å². The van der Waals surface area contributed by atoms with Gasteiger partial charge in [0.1, 0.15) is 6.10 Å². The van der Waals surface area contributed by atoms with Gasteiger partial charge in [0, 0.05) is 12.2 Å². The molecule has 1 aliphatic rings. The molecule has 0 bridgehead atoms. The van der Waals surface area contributed by atoms with Crippen molar-refractivity contribution in [3.63, 3.8) is 0 Å². The zero-order valence-corrected chi connectivity index (χ0v) is 12.8. The van der Waals surface area contributed by atoms with Gasteiger partial charge < -0.3 is 4.74 Å². The molecule has 0 unspecified atom stereocenters. The minimum absolute atomic E-state index is 0.0302. The first-order valence-electron chi connectivity index (χ1n) is 5.64. The van der Waals surface area contributed by atoms with Crippen LogP contribution in [0.1, 0.15) is 0 Å². The molecule has 0 saturated carbocycles. The molecule has 2 rings (SSSR count). The maximum Gasteiger partial charge on any atom is 0.414 e. The van der Waals surface area contributed by atoms with Crippen LogP contribution < -0.4 is 9.62 Å². The highest BCUT2D eigenvalue weighted by atomic mass is 35.5. The van der Waals surface area contributed by atoms with Crippen LogP contribution in [0.5, 0.6) is 0 Å². The number of hydrogen-bond acceptors (Lipinski definition) is 4. The minimum Gasteiger partial charge on any atom is -0.443 e. The summed E-state index contributed by atoms with van der Waals surface area (Å²) in [5.74, 6) is 0. The lowest BCUT2D eigenvalue weighted by atomic mass is 10.2. The quantitative estimate of drug-likeness (QED) is 0.909. The molecule has 0 aliphatic carbocycles. The summed E-state index contributed by atoms with van der Waals surface area (Å²) in [5.41, 5.74) is 0.547. The third-order valence-electron chi connectivity index (χ3n) is 2.66. The summed E-state index contributed by atoms with van der Waals surface area (Å²) in [7, 11) is -3.32. The molecule has 1 aliphatic heterocycles. The van der Waals surface area contributed by atoms with E-state index in [9.17, 15) is 13.2 Å². The van der Waals surface area contributed by atoms with Gasteiger partial charge in [-0.25, -0.2) is 17.9 Å². The van der Waals surface area contributed by atoms with E-state index in [4.69, 9.17) is 27.9 Å². The van der Waals surface area contributed by atoms with E-state index >= 15 is 0 Å². The fraction of sp³-hybridized carbons (Fsp3) is 0.364. The lowest BCUT2D eigenvalue weighted by Crippen LogP contribution is -2.33. The van der Waals surface area contributed by atoms with Crippen LogP contribution in [0.15, 0.2) is 18.2 Å². The third-order valence-corrected chi connectivity index (χ3v) is 4.09. The van der Waals surface area contributed by atoms with E-state index in [1.807, 2.05) is 0 Å². The van der Waals surface area contributed by atoms with Crippen molar-refractivity contribution in [1.82, 2.24) is 4.72 Å². The van der Waals surface area contributed by atoms with E-state index in [0.29, 0.717) is 15.7 Å². The van der Waals surface area contributed by atoms with Crippen molar-refractivity contribution in [3.8, 4) is 0 Å². The van der Waals surface area contributed by atoms with Gasteiger partial charge in [0.25, 0.3) is 0 Å². The number of nitrogens with one attached hydrogen (secondary N) is 1. The first-order chi connectivity index (χ1) is 9.26. The van der Waals surface area contributed by atoms with Crippen molar-refractivity contribution in [2.75, 3.05) is 24.2 Å². The second-order valence-electron chi connectivity index (χ2n) is 4.34. The van der Waals surface area contributed by atoms with Crippen LogP contribution in [0.4, 0.5) is 10.5 Å². The molecule has 1 heterocycles. The summed E-state index contributed by atoms with van der Waals surface area (Å²) in [4.78, 5) is 13.1. The fourth-order valence-electron chi connectivity index (χ4n) is 1.74. The Morgan fingerprint density at radius 2 is 2.10 bits per heavy atom. The van der Waals surface area contributed by atoms with E-state index < -0.39 is 22.2 Å². The van der Waals surface area contributed by atoms with E-state index in [1.54, 1.807) is 18.2 Å². The number of carbonyl (C=O) groups is 1. The van der Waals surface area contributed by atoms with Crippen LogP contribution in [-0.4, -0.2) is 40.0 Å². The normalized spacial score (nSPS) is 19.2. The van der Waals surface area contributed by atoms with Gasteiger partial charge in [-0.15, -0.1) is 0 Å². The molecule has 1 aromatic carbocycles. The summed E-state index contributed by atoms with van der Waals surface area (Å²) in [5, 5.41) is 0.716. The topological polar surface area (TPSA) is 75.7 Å². The Morgan fingerprint density at radius 3 is 2.70 bits per heavy atom. The molecule has 0 aromatic heterocycles. The highest BCUT2D eigenvalue weighted by Crippen LogP contribution is 2.29. The molecular formula is C11H12Cl2N2O4S. The summed E-state index contributed by atoms with van der Waals surface area (Å²) in [6.07, 6.45) is -0.0593. The molecular weight excluding hydrogens is 327 g/mol. The van der Waals surface area contributed by atoms with Gasteiger partial charge in [-0.05, 0) is 18.2 Å². The largest absolute Gasteiger partial charge is 0.443 e. The Hall–Kier alpha value is -1.02. The Labute approximate surface area is 126 Å². The maximum absolute atomic E-state index is 11.8. The van der Waals surface area contributed by atoms with Gasteiger partial charge in [-0.3, -0.25) is 4.90 Å². The molecule has 20 heavy (non-hydrogen) atoms. The number of benzene rings is 1. The third kappa shape index (κ3) is 3.76. The van der Waals surface area contributed by atoms with Gasteiger partial charge >= 0.3 is 6.09 Å². The maximum atomic E-state index is 11.8. The number of nitrogens with zero attached hydrogens (tertiary/aromatic N) is 1. The average Bonchev–Trinajstić information content (AvgIpc) is 2.71. The lowest BCUT2D eigenvalue weighted by Gasteiger charge is -2.13. The number of halogens is 2.